The zero-order chi connectivity index (χ0) is 29.8. The average Bonchev–Trinajstić information content (AvgIpc) is 3.43. The van der Waals surface area contributed by atoms with Crippen LogP contribution in [0.2, 0.25) is 0 Å². The Kier molecular flexibility index (Phi) is 6.54. The fraction of sp³-hybridized carbons (Fsp3) is 0.758. The number of hydrogen-bond acceptors (Lipinski definition) is 6. The van der Waals surface area contributed by atoms with Crippen molar-refractivity contribution in [1.82, 2.24) is 9.80 Å². The number of anilines is 1. The standard InChI is InChI=1S/C33H48BN3O5/c1-21-17-36(18-22(21)2)24-15-25(16-24)37-27-14-23(34-41-30(3,4)31(5,6)42-34)8-9-26(27)33(29(37)39)10-12-35(13-11-33)28(38)32(7)19-40-20-32/h8-9,14,21-22,24-25H,10-13,15-20H2,1-7H3/t21-,22+,24-,25+. The smallest absolute Gasteiger partial charge is 0.399 e. The summed E-state index contributed by atoms with van der Waals surface area (Å²) in [5, 5.41) is 0. The topological polar surface area (TPSA) is 71.6 Å². The van der Waals surface area contributed by atoms with Crippen LogP contribution in [0.4, 0.5) is 5.69 Å². The Labute approximate surface area is 251 Å². The second-order valence-corrected chi connectivity index (χ2v) is 15.7. The summed E-state index contributed by atoms with van der Waals surface area (Å²) in [5.41, 5.74) is 1.24. The van der Waals surface area contributed by atoms with E-state index in [9.17, 15) is 9.59 Å². The first kappa shape index (κ1) is 28.8. The number of amides is 2. The molecule has 42 heavy (non-hydrogen) atoms. The summed E-state index contributed by atoms with van der Waals surface area (Å²) in [5.74, 6) is 1.84. The van der Waals surface area contributed by atoms with Gasteiger partial charge >= 0.3 is 7.12 Å². The number of rotatable bonds is 4. The maximum atomic E-state index is 14.6. The van der Waals surface area contributed by atoms with Crippen molar-refractivity contribution in [3.8, 4) is 0 Å². The molecule has 2 amide bonds. The van der Waals surface area contributed by atoms with Crippen LogP contribution in [0.25, 0.3) is 0 Å². The van der Waals surface area contributed by atoms with Gasteiger partial charge in [-0.3, -0.25) is 14.5 Å². The summed E-state index contributed by atoms with van der Waals surface area (Å²) >= 11 is 0. The van der Waals surface area contributed by atoms with Crippen LogP contribution in [0.3, 0.4) is 0 Å². The Morgan fingerprint density at radius 2 is 1.50 bits per heavy atom. The van der Waals surface area contributed by atoms with E-state index in [1.54, 1.807) is 0 Å². The Morgan fingerprint density at radius 3 is 2.05 bits per heavy atom. The molecule has 0 bridgehead atoms. The maximum Gasteiger partial charge on any atom is 0.494 e. The quantitative estimate of drug-likeness (QED) is 0.512. The summed E-state index contributed by atoms with van der Waals surface area (Å²) in [6, 6.07) is 7.17. The second kappa shape index (κ2) is 9.53. The highest BCUT2D eigenvalue weighted by Crippen LogP contribution is 2.51. The van der Waals surface area contributed by atoms with Crippen LogP contribution >= 0.6 is 0 Å². The third-order valence-corrected chi connectivity index (χ3v) is 12.2. The molecule has 4 saturated heterocycles. The molecule has 5 fully saturated rings. The first-order chi connectivity index (χ1) is 19.7. The number of carbonyl (C=O) groups excluding carboxylic acids is 2. The van der Waals surface area contributed by atoms with Crippen LogP contribution in [-0.2, 0) is 29.0 Å². The molecular weight excluding hydrogens is 529 g/mol. The highest BCUT2D eigenvalue weighted by molar-refractivity contribution is 6.62. The number of hydrogen-bond donors (Lipinski definition) is 0. The van der Waals surface area contributed by atoms with E-state index in [0.29, 0.717) is 45.2 Å². The number of fused-ring (bicyclic) bond motifs is 2. The van der Waals surface area contributed by atoms with E-state index in [0.717, 1.165) is 54.5 Å². The molecule has 228 valence electrons. The normalized spacial score (nSPS) is 34.5. The van der Waals surface area contributed by atoms with Crippen molar-refractivity contribution >= 4 is 30.1 Å². The third-order valence-electron chi connectivity index (χ3n) is 12.2. The number of carbonyl (C=O) groups is 2. The van der Waals surface area contributed by atoms with Crippen LogP contribution in [0.15, 0.2) is 18.2 Å². The van der Waals surface area contributed by atoms with E-state index in [1.165, 1.54) is 0 Å². The molecule has 8 nitrogen and oxygen atoms in total. The van der Waals surface area contributed by atoms with Crippen molar-refractivity contribution in [3.63, 3.8) is 0 Å². The average molecular weight is 578 g/mol. The van der Waals surface area contributed by atoms with E-state index >= 15 is 0 Å². The van der Waals surface area contributed by atoms with Gasteiger partial charge in [-0.05, 0) is 89.2 Å². The number of benzene rings is 1. The first-order valence-electron chi connectivity index (χ1n) is 16.2. The van der Waals surface area contributed by atoms with E-state index < -0.39 is 29.2 Å². The van der Waals surface area contributed by atoms with Gasteiger partial charge < -0.3 is 23.8 Å². The first-order valence-corrected chi connectivity index (χ1v) is 16.2. The fourth-order valence-electron chi connectivity index (χ4n) is 8.12. The van der Waals surface area contributed by atoms with Crippen LogP contribution < -0.4 is 10.4 Å². The molecule has 0 radical (unpaired) electrons. The van der Waals surface area contributed by atoms with Gasteiger partial charge in [0.05, 0.1) is 35.2 Å². The van der Waals surface area contributed by atoms with Gasteiger partial charge in [0.2, 0.25) is 11.8 Å². The fourth-order valence-corrected chi connectivity index (χ4v) is 8.12. The summed E-state index contributed by atoms with van der Waals surface area (Å²) < 4.78 is 18.2. The molecule has 0 unspecified atom stereocenters. The van der Waals surface area contributed by atoms with E-state index in [2.05, 4.69) is 69.5 Å². The highest BCUT2D eigenvalue weighted by Gasteiger charge is 2.58. The van der Waals surface area contributed by atoms with Crippen molar-refractivity contribution in [2.45, 2.75) is 103 Å². The van der Waals surface area contributed by atoms with E-state index in [-0.39, 0.29) is 17.9 Å². The predicted molar refractivity (Wildman–Crippen MR) is 163 cm³/mol. The van der Waals surface area contributed by atoms with Crippen molar-refractivity contribution in [3.05, 3.63) is 23.8 Å². The predicted octanol–water partition coefficient (Wildman–Crippen LogP) is 3.35. The highest BCUT2D eigenvalue weighted by atomic mass is 16.7. The van der Waals surface area contributed by atoms with Crippen LogP contribution in [-0.4, -0.2) is 91.4 Å². The molecule has 6 aliphatic rings. The van der Waals surface area contributed by atoms with Crippen molar-refractivity contribution in [1.29, 1.82) is 0 Å². The summed E-state index contributed by atoms with van der Waals surface area (Å²) in [7, 11) is -0.472. The van der Waals surface area contributed by atoms with Crippen LogP contribution in [0, 0.1) is 17.3 Å². The van der Waals surface area contributed by atoms with Crippen LogP contribution in [0.1, 0.15) is 79.7 Å². The number of nitrogens with zero attached hydrogens (tertiary/aromatic N) is 3. The minimum atomic E-state index is -0.584. The minimum absolute atomic E-state index is 0.165. The molecule has 0 aromatic heterocycles. The largest absolute Gasteiger partial charge is 0.494 e. The minimum Gasteiger partial charge on any atom is -0.399 e. The van der Waals surface area contributed by atoms with Crippen molar-refractivity contribution in [2.75, 3.05) is 44.3 Å². The lowest BCUT2D eigenvalue weighted by atomic mass is 9.71. The molecule has 9 heteroatoms. The summed E-state index contributed by atoms with van der Waals surface area (Å²) in [4.78, 5) is 34.7. The number of ether oxygens (including phenoxy) is 1. The molecule has 0 N–H and O–H groups in total. The molecule has 5 heterocycles. The van der Waals surface area contributed by atoms with Crippen molar-refractivity contribution < 1.29 is 23.6 Å². The Hall–Kier alpha value is -1.94. The lowest BCUT2D eigenvalue weighted by Gasteiger charge is -2.47. The Bertz CT molecular complexity index is 1250. The Morgan fingerprint density at radius 1 is 0.905 bits per heavy atom. The summed E-state index contributed by atoms with van der Waals surface area (Å²) in [6.07, 6.45) is 3.35. The lowest BCUT2D eigenvalue weighted by Crippen LogP contribution is -2.59. The zero-order valence-electron chi connectivity index (χ0n) is 26.6. The molecule has 1 aromatic carbocycles. The molecule has 1 aliphatic carbocycles. The second-order valence-electron chi connectivity index (χ2n) is 15.7. The SMILES string of the molecule is C[C@@H]1CN([C@H]2C[C@@H](N3C(=O)C4(CCN(C(=O)C5(C)COC5)CC4)c4ccc(B5OC(C)(C)C(C)(C)O5)cc43)C2)C[C@@H]1C. The zero-order valence-corrected chi connectivity index (χ0v) is 26.6. The van der Waals surface area contributed by atoms with Gasteiger partial charge in [0.15, 0.2) is 0 Å². The summed E-state index contributed by atoms with van der Waals surface area (Å²) in [6.45, 7) is 19.5. The van der Waals surface area contributed by atoms with Gasteiger partial charge in [-0.2, -0.15) is 0 Å². The van der Waals surface area contributed by atoms with Gasteiger partial charge in [-0.1, -0.05) is 26.0 Å². The molecular formula is C33H48BN3O5. The molecule has 1 aromatic rings. The number of likely N-dealkylation sites (tertiary alicyclic amines) is 2. The monoisotopic (exact) mass is 577 g/mol. The van der Waals surface area contributed by atoms with Gasteiger partial charge in [-0.25, -0.2) is 0 Å². The number of piperidine rings is 1. The molecule has 2 atom stereocenters. The molecule has 1 spiro atoms. The maximum absolute atomic E-state index is 14.6. The van der Waals surface area contributed by atoms with Crippen molar-refractivity contribution in [2.24, 2.45) is 17.3 Å². The van der Waals surface area contributed by atoms with Gasteiger partial charge in [0, 0.05) is 44.0 Å². The molecule has 7 rings (SSSR count). The molecule has 1 saturated carbocycles. The van der Waals surface area contributed by atoms with Gasteiger partial charge in [0.1, 0.15) is 0 Å². The Balaban J connectivity index is 1.17. The lowest BCUT2D eigenvalue weighted by molar-refractivity contribution is -0.170. The van der Waals surface area contributed by atoms with E-state index in [4.69, 9.17) is 14.0 Å². The van der Waals surface area contributed by atoms with E-state index in [1.807, 2.05) is 11.8 Å². The molecule has 5 aliphatic heterocycles. The van der Waals surface area contributed by atoms with Crippen LogP contribution in [0.5, 0.6) is 0 Å². The van der Waals surface area contributed by atoms with Gasteiger partial charge in [-0.15, -0.1) is 0 Å². The third kappa shape index (κ3) is 4.16. The van der Waals surface area contributed by atoms with Gasteiger partial charge in [0.25, 0.3) is 0 Å².